The van der Waals surface area contributed by atoms with E-state index in [1.807, 2.05) is 7.05 Å². The summed E-state index contributed by atoms with van der Waals surface area (Å²) in [5.74, 6) is -0.157. The number of aliphatic hydroxyl groups excluding tert-OH is 1. The fraction of sp³-hybridized carbons (Fsp3) is 0.682. The van der Waals surface area contributed by atoms with Crippen molar-refractivity contribution in [1.29, 1.82) is 0 Å². The molecule has 0 spiro atoms. The lowest BCUT2D eigenvalue weighted by Gasteiger charge is -2.45. The van der Waals surface area contributed by atoms with Crippen molar-refractivity contribution >= 4 is 28.1 Å². The van der Waals surface area contributed by atoms with Crippen molar-refractivity contribution in [2.45, 2.75) is 48.7 Å². The molecule has 0 amide bonds. The molecule has 4 heterocycles. The second kappa shape index (κ2) is 13.6. The molecule has 2 aromatic heterocycles. The molecule has 0 aromatic carbocycles. The van der Waals surface area contributed by atoms with Gasteiger partial charge in [-0.3, -0.25) is 14.0 Å². The molecule has 2 fully saturated rings. The van der Waals surface area contributed by atoms with Crippen molar-refractivity contribution in [2.24, 2.45) is 0 Å². The van der Waals surface area contributed by atoms with E-state index in [4.69, 9.17) is 9.84 Å². The molecule has 2 aliphatic heterocycles. The summed E-state index contributed by atoms with van der Waals surface area (Å²) < 4.78 is 105. The Bertz CT molecular complexity index is 1060. The van der Waals surface area contributed by atoms with E-state index in [0.29, 0.717) is 12.6 Å². The molecular weight excluding hydrogens is 606 g/mol. The summed E-state index contributed by atoms with van der Waals surface area (Å²) in [6.07, 6.45) is -10.1. The number of halogens is 6. The summed E-state index contributed by atoms with van der Waals surface area (Å²) in [7, 11) is -1.27. The Morgan fingerprint density at radius 3 is 2.00 bits per heavy atom. The minimum atomic E-state index is -6.02. The molecule has 2 aliphatic rings. The number of rotatable bonds is 5. The van der Waals surface area contributed by atoms with Crippen LogP contribution in [0.3, 0.4) is 0 Å². The van der Waals surface area contributed by atoms with Crippen LogP contribution in [-0.4, -0.2) is 121 Å². The van der Waals surface area contributed by atoms with Gasteiger partial charge in [-0.2, -0.15) is 30.6 Å². The fourth-order valence-electron chi connectivity index (χ4n) is 3.91. The molecule has 41 heavy (non-hydrogen) atoms. The quantitative estimate of drug-likeness (QED) is 0.358. The van der Waals surface area contributed by atoms with Crippen LogP contribution in [0.5, 0.6) is 0 Å². The van der Waals surface area contributed by atoms with Crippen LogP contribution in [0.4, 0.5) is 32.3 Å². The molecule has 2 unspecified atom stereocenters. The number of ether oxygens (including phenoxy) is 1. The number of anilines is 1. The molecule has 0 bridgehead atoms. The van der Waals surface area contributed by atoms with Crippen molar-refractivity contribution in [1.82, 2.24) is 24.2 Å². The average Bonchev–Trinajstić information content (AvgIpc) is 3.45. The van der Waals surface area contributed by atoms with E-state index in [0.717, 1.165) is 17.9 Å². The topological polar surface area (TPSA) is 139 Å². The third kappa shape index (κ3) is 7.57. The van der Waals surface area contributed by atoms with Gasteiger partial charge in [0.15, 0.2) is 0 Å². The number of nitrogens with zero attached hydrogens (tertiary/aromatic N) is 6. The predicted molar refractivity (Wildman–Crippen MR) is 141 cm³/mol. The Labute approximate surface area is 238 Å². The summed E-state index contributed by atoms with van der Waals surface area (Å²) >= 11 is 1.07. The first-order valence-electron chi connectivity index (χ1n) is 11.8. The number of hydrogen-bond acceptors (Lipinski definition) is 12. The van der Waals surface area contributed by atoms with Crippen LogP contribution in [0.1, 0.15) is 19.9 Å². The van der Waals surface area contributed by atoms with E-state index in [9.17, 15) is 40.6 Å². The molecule has 4 N–H and O–H groups in total. The van der Waals surface area contributed by atoms with Gasteiger partial charge < -0.3 is 19.8 Å². The third-order valence-electron chi connectivity index (χ3n) is 6.55. The average molecular weight is 641 g/mol. The number of hydrogen-bond donors (Lipinski definition) is 4. The van der Waals surface area contributed by atoms with Crippen molar-refractivity contribution in [3.05, 3.63) is 29.5 Å². The first-order valence-corrected chi connectivity index (χ1v) is 14.2. The number of alkyl halides is 6. The van der Waals surface area contributed by atoms with Crippen LogP contribution in [0.15, 0.2) is 28.3 Å². The minimum Gasteiger partial charge on any atom is -0.395 e. The second-order valence-electron chi connectivity index (χ2n) is 9.10. The third-order valence-corrected chi connectivity index (χ3v) is 9.74. The van der Waals surface area contributed by atoms with Crippen LogP contribution in [0, 0.1) is 0 Å². The number of likely N-dealkylation sites (N-methyl/N-ethyl adjacent to an activating group) is 1. The Balaban J connectivity index is 0.000000452. The lowest BCUT2D eigenvalue weighted by atomic mass is 9.95. The zero-order valence-corrected chi connectivity index (χ0v) is 23.0. The van der Waals surface area contributed by atoms with Crippen molar-refractivity contribution in [3.8, 4) is 0 Å². The molecule has 2 aromatic rings. The zero-order chi connectivity index (χ0) is 29.9. The smallest absolute Gasteiger partial charge is 0.395 e. The monoisotopic (exact) mass is 640 g/mol. The Morgan fingerprint density at radius 2 is 1.56 bits per heavy atom. The molecule has 11 nitrogen and oxygen atoms in total. The highest BCUT2D eigenvalue weighted by Crippen LogP contribution is 2.53. The molecule has 236 valence electrons. The zero-order valence-electron chi connectivity index (χ0n) is 21.4. The van der Waals surface area contributed by atoms with Crippen molar-refractivity contribution < 1.29 is 50.4 Å². The first-order chi connectivity index (χ1) is 18.5. The van der Waals surface area contributed by atoms with Crippen LogP contribution in [-0.2, 0) is 10.3 Å². The Hall–Kier alpha value is -1.84. The van der Waals surface area contributed by atoms with Crippen molar-refractivity contribution in [3.63, 3.8) is 0 Å². The highest BCUT2D eigenvalue weighted by atomic mass is 32.3. The maximum atomic E-state index is 12.9. The summed E-state index contributed by atoms with van der Waals surface area (Å²) in [6.45, 7) is 4.23. The van der Waals surface area contributed by atoms with Gasteiger partial charge in [-0.15, -0.1) is 11.3 Å². The van der Waals surface area contributed by atoms with Crippen LogP contribution in [0.2, 0.25) is 0 Å². The van der Waals surface area contributed by atoms with Gasteiger partial charge in [-0.05, 0) is 14.0 Å². The van der Waals surface area contributed by atoms with Gasteiger partial charge in [0.25, 0.3) is 5.60 Å². The maximum absolute atomic E-state index is 12.9. The summed E-state index contributed by atoms with van der Waals surface area (Å²) in [5.41, 5.74) is -6.65. The summed E-state index contributed by atoms with van der Waals surface area (Å²) in [4.78, 5) is 14.6. The fourth-order valence-corrected chi connectivity index (χ4v) is 6.36. The molecule has 2 atom stereocenters. The normalized spacial score (nSPS) is 22.0. The van der Waals surface area contributed by atoms with E-state index in [1.54, 1.807) is 5.38 Å². The Morgan fingerprint density at radius 1 is 1.00 bits per heavy atom. The summed E-state index contributed by atoms with van der Waals surface area (Å²) in [6, 6.07) is 0.634. The Kier molecular flexibility index (Phi) is 11.8. The van der Waals surface area contributed by atoms with E-state index in [2.05, 4.69) is 26.8 Å². The molecule has 0 aliphatic carbocycles. The van der Waals surface area contributed by atoms with Crippen LogP contribution < -0.4 is 4.90 Å². The van der Waals surface area contributed by atoms with Crippen molar-refractivity contribution in [2.75, 3.05) is 57.9 Å². The minimum absolute atomic E-state index is 0. The van der Waals surface area contributed by atoms with Crippen LogP contribution in [0.25, 0.3) is 0 Å². The van der Waals surface area contributed by atoms with Gasteiger partial charge >= 0.3 is 12.4 Å². The van der Waals surface area contributed by atoms with Gasteiger partial charge in [0.1, 0.15) is 0 Å². The summed E-state index contributed by atoms with van der Waals surface area (Å²) in [5, 5.41) is 19.8. The standard InChI is InChI=1S/C14H15F6N5O3S2.C7H15NO2.CH4/c15-13(16,17)12(26,14(18,19)20)9-7-22-10(23-8-9)24-2-4-25(5-3-24)30(27,28)11-21-1-6-29-11;1-6-4-10-5-7(3-9)8(6)2;/h1,6-8,26-28H,2-5H2;6-7,9H,3-5H2,1-2H3;1H4. The number of aromatic nitrogens is 3. The second-order valence-corrected chi connectivity index (χ2v) is 12.2. The van der Waals surface area contributed by atoms with Gasteiger partial charge in [-0.1, -0.05) is 18.2 Å². The number of piperazine rings is 1. The SMILES string of the molecule is C.CC1COCC(CO)N1C.OC(c1cnc(N2CCN(S(O)(O)c3nccs3)CC2)nc1)(C(F)(F)F)C(F)(F)F. The first kappa shape index (κ1) is 35.4. The number of thiazole rings is 1. The van der Waals surface area contributed by atoms with E-state index in [-0.39, 0.29) is 68.9 Å². The number of aliphatic hydroxyl groups is 2. The van der Waals surface area contributed by atoms with E-state index < -0.39 is 34.3 Å². The molecule has 19 heteroatoms. The molecule has 0 saturated carbocycles. The predicted octanol–water partition coefficient (Wildman–Crippen LogP) is 3.43. The molecular formula is C22H34F6N6O5S2. The maximum Gasteiger partial charge on any atom is 0.430 e. The molecule has 0 radical (unpaired) electrons. The van der Waals surface area contributed by atoms with Gasteiger partial charge in [0.2, 0.25) is 10.3 Å². The van der Waals surface area contributed by atoms with Crippen LogP contribution >= 0.6 is 22.1 Å². The molecule has 2 saturated heterocycles. The highest BCUT2D eigenvalue weighted by molar-refractivity contribution is 8.23. The lowest BCUT2D eigenvalue weighted by molar-refractivity contribution is -0.376. The van der Waals surface area contributed by atoms with Gasteiger partial charge in [0.05, 0.1) is 25.9 Å². The largest absolute Gasteiger partial charge is 0.430 e. The number of morpholine rings is 1. The van der Waals surface area contributed by atoms with Gasteiger partial charge in [0, 0.05) is 61.8 Å². The molecule has 4 rings (SSSR count). The lowest BCUT2D eigenvalue weighted by Crippen LogP contribution is -2.54. The van der Waals surface area contributed by atoms with Gasteiger partial charge in [-0.25, -0.2) is 15.0 Å². The highest BCUT2D eigenvalue weighted by Gasteiger charge is 2.71. The van der Waals surface area contributed by atoms with E-state index >= 15 is 0 Å². The van der Waals surface area contributed by atoms with E-state index in [1.165, 1.54) is 15.4 Å².